The van der Waals surface area contributed by atoms with Crippen molar-refractivity contribution in [2.24, 2.45) is 5.14 Å². The third-order valence-corrected chi connectivity index (χ3v) is 6.37. The Bertz CT molecular complexity index is 1560. The molecule has 0 unspecified atom stereocenters. The normalized spacial score (nSPS) is 11.7. The third kappa shape index (κ3) is 4.44. The van der Waals surface area contributed by atoms with Gasteiger partial charge in [0.05, 0.1) is 22.1 Å². The number of nitrogens with zero attached hydrogens (tertiary/aromatic N) is 5. The molecule has 4 aromatic rings. The number of anilines is 1. The summed E-state index contributed by atoms with van der Waals surface area (Å²) in [7, 11) is 0.901. The summed E-state index contributed by atoms with van der Waals surface area (Å²) in [6.45, 7) is 0. The summed E-state index contributed by atoms with van der Waals surface area (Å²) in [4.78, 5) is 25.9. The maximum atomic E-state index is 13.1. The van der Waals surface area contributed by atoms with Crippen LogP contribution in [0.25, 0.3) is 16.7 Å². The van der Waals surface area contributed by atoms with E-state index in [1.807, 2.05) is 0 Å². The Kier molecular flexibility index (Phi) is 6.25. The topological polar surface area (TPSA) is 149 Å². The van der Waals surface area contributed by atoms with Crippen LogP contribution in [0, 0.1) is 0 Å². The van der Waals surface area contributed by atoms with Gasteiger partial charge in [-0.1, -0.05) is 23.2 Å². The molecule has 11 nitrogen and oxygen atoms in total. The average Bonchev–Trinajstić information content (AvgIpc) is 3.13. The van der Waals surface area contributed by atoms with Gasteiger partial charge in [-0.05, 0) is 23.8 Å². The molecule has 0 saturated heterocycles. The Morgan fingerprint density at radius 1 is 1.21 bits per heavy atom. The lowest BCUT2D eigenvalue weighted by atomic mass is 10.2. The van der Waals surface area contributed by atoms with Gasteiger partial charge in [-0.15, -0.1) is 5.10 Å². The van der Waals surface area contributed by atoms with Gasteiger partial charge in [0, 0.05) is 32.8 Å². The van der Waals surface area contributed by atoms with E-state index in [1.54, 1.807) is 37.3 Å². The number of fused-ring (bicyclic) bond motifs is 1. The van der Waals surface area contributed by atoms with Crippen LogP contribution < -0.4 is 20.3 Å². The number of primary sulfonamides is 1. The van der Waals surface area contributed by atoms with Crippen molar-refractivity contribution in [2.75, 3.05) is 26.1 Å². The molecule has 0 radical (unpaired) electrons. The lowest BCUT2D eigenvalue weighted by Gasteiger charge is -2.11. The second kappa shape index (κ2) is 8.87. The first-order chi connectivity index (χ1) is 16.0. The first-order valence-corrected chi connectivity index (χ1v) is 12.0. The molecule has 0 saturated carbocycles. The minimum atomic E-state index is -4.04. The fraction of sp³-hybridized carbons (Fsp3) is 0.200. The number of nitrogens with two attached hydrogens (primary N) is 1. The molecule has 0 spiro atoms. The molecule has 14 heteroatoms. The van der Waals surface area contributed by atoms with Crippen LogP contribution in [0.5, 0.6) is 5.88 Å². The quantitative estimate of drug-likeness (QED) is 0.390. The molecule has 1 aromatic carbocycles. The van der Waals surface area contributed by atoms with Gasteiger partial charge in [0.15, 0.2) is 11.5 Å². The summed E-state index contributed by atoms with van der Waals surface area (Å²) in [6.07, 6.45) is 1.87. The minimum absolute atomic E-state index is 0.0336. The molecule has 0 bridgehead atoms. The summed E-state index contributed by atoms with van der Waals surface area (Å²) in [5, 5.41) is 9.84. The second-order valence-corrected chi connectivity index (χ2v) is 9.88. The lowest BCUT2D eigenvalue weighted by Crippen LogP contribution is -2.16. The number of rotatable bonds is 6. The van der Waals surface area contributed by atoms with E-state index in [2.05, 4.69) is 20.1 Å². The molecular formula is C20H19Cl2N7O4S. The predicted molar refractivity (Wildman–Crippen MR) is 129 cm³/mol. The maximum absolute atomic E-state index is 13.1. The molecule has 34 heavy (non-hydrogen) atoms. The smallest absolute Gasteiger partial charge is 0.264 e. The van der Waals surface area contributed by atoms with Gasteiger partial charge in [0.1, 0.15) is 16.9 Å². The van der Waals surface area contributed by atoms with Gasteiger partial charge >= 0.3 is 0 Å². The van der Waals surface area contributed by atoms with Gasteiger partial charge in [0.25, 0.3) is 5.56 Å². The molecule has 3 heterocycles. The van der Waals surface area contributed by atoms with Crippen molar-refractivity contribution in [3.05, 3.63) is 62.2 Å². The van der Waals surface area contributed by atoms with Crippen LogP contribution in [0.15, 0.2) is 40.2 Å². The van der Waals surface area contributed by atoms with Crippen molar-refractivity contribution < 1.29 is 13.2 Å². The summed E-state index contributed by atoms with van der Waals surface area (Å²) >= 11 is 12.8. The van der Waals surface area contributed by atoms with Gasteiger partial charge < -0.3 is 14.6 Å². The van der Waals surface area contributed by atoms with Crippen LogP contribution in [-0.4, -0.2) is 54.4 Å². The number of sulfonamides is 1. The highest BCUT2D eigenvalue weighted by atomic mass is 35.5. The van der Waals surface area contributed by atoms with Gasteiger partial charge in [0.2, 0.25) is 15.9 Å². The Hall–Kier alpha value is -3.19. The lowest BCUT2D eigenvalue weighted by molar-refractivity contribution is 0.397. The van der Waals surface area contributed by atoms with Gasteiger partial charge in [-0.3, -0.25) is 4.79 Å². The summed E-state index contributed by atoms with van der Waals surface area (Å²) in [5.74, 6) is 1.10. The molecule has 0 fully saturated rings. The number of aromatic nitrogens is 5. The largest absolute Gasteiger partial charge is 0.481 e. The Morgan fingerprint density at radius 2 is 1.88 bits per heavy atom. The fourth-order valence-electron chi connectivity index (χ4n) is 3.38. The monoisotopic (exact) mass is 523 g/mol. The van der Waals surface area contributed by atoms with Gasteiger partial charge in [-0.25, -0.2) is 28.2 Å². The van der Waals surface area contributed by atoms with Crippen molar-refractivity contribution in [3.8, 4) is 11.6 Å². The standard InChI is InChI=1S/C20H19Cl2N7O4S/c1-28(2)19-16-18(25-14(26-20(16)30)6-10-4-5-24-15(7-10)33-3)29(27-19)17-12(21)8-11(9-13(17)22)34(23,31)32/h4-5,7-9H,6H2,1-3H3,(H2,23,31,32)(H,25,26,30). The fourth-order valence-corrected chi connectivity index (χ4v) is 4.72. The summed E-state index contributed by atoms with van der Waals surface area (Å²) < 4.78 is 30.0. The first kappa shape index (κ1) is 24.0. The van der Waals surface area contributed by atoms with E-state index in [0.29, 0.717) is 17.5 Å². The van der Waals surface area contributed by atoms with Crippen molar-refractivity contribution in [1.82, 2.24) is 24.7 Å². The number of hydrogen-bond donors (Lipinski definition) is 2. The number of pyridine rings is 1. The Balaban J connectivity index is 1.95. The second-order valence-electron chi connectivity index (χ2n) is 7.50. The first-order valence-electron chi connectivity index (χ1n) is 9.70. The molecule has 178 valence electrons. The highest BCUT2D eigenvalue weighted by Crippen LogP contribution is 2.34. The van der Waals surface area contributed by atoms with E-state index in [4.69, 9.17) is 33.1 Å². The highest BCUT2D eigenvalue weighted by Gasteiger charge is 2.24. The average molecular weight is 524 g/mol. The third-order valence-electron chi connectivity index (χ3n) is 4.90. The number of methoxy groups -OCH3 is 1. The maximum Gasteiger partial charge on any atom is 0.264 e. The molecule has 3 aromatic heterocycles. The number of H-pyrrole nitrogens is 1. The minimum Gasteiger partial charge on any atom is -0.481 e. The van der Waals surface area contributed by atoms with Crippen LogP contribution in [0.3, 0.4) is 0 Å². The van der Waals surface area contributed by atoms with E-state index >= 15 is 0 Å². The number of ether oxygens (including phenoxy) is 1. The van der Waals surface area contributed by atoms with Crippen LogP contribution in [0.1, 0.15) is 11.4 Å². The van der Waals surface area contributed by atoms with Crippen molar-refractivity contribution in [3.63, 3.8) is 0 Å². The number of nitrogens with one attached hydrogen (secondary N) is 1. The molecule has 0 aliphatic carbocycles. The molecule has 0 atom stereocenters. The number of aromatic amines is 1. The van der Waals surface area contributed by atoms with Crippen LogP contribution in [0.4, 0.5) is 5.82 Å². The van der Waals surface area contributed by atoms with E-state index in [1.165, 1.54) is 11.8 Å². The van der Waals surface area contributed by atoms with Crippen molar-refractivity contribution >= 4 is 50.1 Å². The van der Waals surface area contributed by atoms with Crippen molar-refractivity contribution in [1.29, 1.82) is 0 Å². The predicted octanol–water partition coefficient (Wildman–Crippen LogP) is 2.12. The SMILES string of the molecule is COc1cc(Cc2nc3c(c(N(C)C)nn3-c3c(Cl)cc(S(N)(=O)=O)cc3Cl)c(=O)[nH]2)ccn1. The van der Waals surface area contributed by atoms with E-state index in [-0.39, 0.29) is 38.1 Å². The number of benzene rings is 1. The molecule has 0 amide bonds. The van der Waals surface area contributed by atoms with E-state index < -0.39 is 15.6 Å². The summed E-state index contributed by atoms with van der Waals surface area (Å²) in [5.41, 5.74) is 0.741. The van der Waals surface area contributed by atoms with Gasteiger partial charge in [-0.2, -0.15) is 0 Å². The molecule has 4 rings (SSSR count). The molecule has 3 N–H and O–H groups in total. The van der Waals surface area contributed by atoms with Crippen molar-refractivity contribution in [2.45, 2.75) is 11.3 Å². The number of halogens is 2. The Labute approximate surface area is 204 Å². The summed E-state index contributed by atoms with van der Waals surface area (Å²) in [6, 6.07) is 5.83. The van der Waals surface area contributed by atoms with Crippen LogP contribution >= 0.6 is 23.2 Å². The van der Waals surface area contributed by atoms with E-state index in [0.717, 1.165) is 17.7 Å². The zero-order valence-corrected chi connectivity index (χ0v) is 20.5. The van der Waals surface area contributed by atoms with E-state index in [9.17, 15) is 13.2 Å². The van der Waals surface area contributed by atoms with Crippen LogP contribution in [-0.2, 0) is 16.4 Å². The highest BCUT2D eigenvalue weighted by molar-refractivity contribution is 7.89. The Morgan fingerprint density at radius 3 is 2.47 bits per heavy atom. The zero-order valence-electron chi connectivity index (χ0n) is 18.2. The molecule has 0 aliphatic rings. The number of hydrogen-bond acceptors (Lipinski definition) is 8. The zero-order chi connectivity index (χ0) is 24.8. The molecule has 0 aliphatic heterocycles. The molecular weight excluding hydrogens is 505 g/mol. The van der Waals surface area contributed by atoms with Crippen LogP contribution in [0.2, 0.25) is 10.0 Å².